The molecule has 0 radical (unpaired) electrons. The van der Waals surface area contributed by atoms with Gasteiger partial charge in [0.2, 0.25) is 0 Å². The highest BCUT2D eigenvalue weighted by Gasteiger charge is 2.32. The van der Waals surface area contributed by atoms with Crippen LogP contribution in [0.2, 0.25) is 0 Å². The standard InChI is InChI=1S/C14H16F3NO3S/c1-22(20,21)12-5-7-18(8-6-12)13(19)10-3-2-4-11(9-10)14(15,16)17/h2-4,9,12H,5-8H2,1H3. The number of halogens is 3. The molecule has 0 saturated carbocycles. The quantitative estimate of drug-likeness (QED) is 0.834. The number of rotatable bonds is 2. The van der Waals surface area contributed by atoms with Gasteiger partial charge < -0.3 is 4.90 Å². The molecule has 1 saturated heterocycles. The Kier molecular flexibility index (Phi) is 4.51. The Labute approximate surface area is 126 Å². The van der Waals surface area contributed by atoms with Crippen molar-refractivity contribution in [2.45, 2.75) is 24.3 Å². The minimum atomic E-state index is -4.50. The van der Waals surface area contributed by atoms with E-state index in [9.17, 15) is 26.4 Å². The predicted molar refractivity (Wildman–Crippen MR) is 75.2 cm³/mol. The van der Waals surface area contributed by atoms with Crippen LogP contribution in [0.25, 0.3) is 0 Å². The number of hydrogen-bond acceptors (Lipinski definition) is 3. The van der Waals surface area contributed by atoms with Gasteiger partial charge in [0.1, 0.15) is 9.84 Å². The summed E-state index contributed by atoms with van der Waals surface area (Å²) in [7, 11) is -3.15. The summed E-state index contributed by atoms with van der Waals surface area (Å²) in [6.07, 6.45) is -2.73. The number of benzene rings is 1. The lowest BCUT2D eigenvalue weighted by Gasteiger charge is -2.31. The van der Waals surface area contributed by atoms with Crippen LogP contribution in [0.15, 0.2) is 24.3 Å². The molecule has 2 rings (SSSR count). The first-order chi connectivity index (χ1) is 10.1. The molecule has 0 aromatic heterocycles. The molecule has 0 N–H and O–H groups in total. The van der Waals surface area contributed by atoms with E-state index in [-0.39, 0.29) is 18.7 Å². The summed E-state index contributed by atoms with van der Waals surface area (Å²) in [5.74, 6) is -0.502. The SMILES string of the molecule is CS(=O)(=O)C1CCN(C(=O)c2cccc(C(F)(F)F)c2)CC1. The zero-order valence-electron chi connectivity index (χ0n) is 11.9. The average Bonchev–Trinajstić information content (AvgIpc) is 2.45. The van der Waals surface area contributed by atoms with Crippen molar-refractivity contribution in [3.63, 3.8) is 0 Å². The number of piperidine rings is 1. The number of alkyl halides is 3. The van der Waals surface area contributed by atoms with Crippen molar-refractivity contribution in [1.82, 2.24) is 4.90 Å². The van der Waals surface area contributed by atoms with Crippen LogP contribution in [-0.4, -0.2) is 43.8 Å². The first kappa shape index (κ1) is 16.8. The molecule has 0 atom stereocenters. The Balaban J connectivity index is 2.11. The second-order valence-corrected chi connectivity index (χ2v) is 7.73. The zero-order valence-corrected chi connectivity index (χ0v) is 12.7. The number of carbonyl (C=O) groups is 1. The van der Waals surface area contributed by atoms with Gasteiger partial charge in [0.15, 0.2) is 0 Å². The first-order valence-electron chi connectivity index (χ1n) is 6.74. The molecule has 1 aliphatic heterocycles. The molecule has 1 aromatic carbocycles. The van der Waals surface area contributed by atoms with Gasteiger partial charge >= 0.3 is 6.18 Å². The van der Waals surface area contributed by atoms with Crippen LogP contribution in [0.5, 0.6) is 0 Å². The van der Waals surface area contributed by atoms with Crippen LogP contribution in [0.3, 0.4) is 0 Å². The smallest absolute Gasteiger partial charge is 0.339 e. The van der Waals surface area contributed by atoms with Crippen molar-refractivity contribution in [1.29, 1.82) is 0 Å². The van der Waals surface area contributed by atoms with E-state index in [0.29, 0.717) is 12.8 Å². The molecule has 122 valence electrons. The van der Waals surface area contributed by atoms with Crippen LogP contribution >= 0.6 is 0 Å². The van der Waals surface area contributed by atoms with Crippen molar-refractivity contribution in [3.8, 4) is 0 Å². The highest BCUT2D eigenvalue weighted by molar-refractivity contribution is 7.91. The molecule has 1 heterocycles. The van der Waals surface area contributed by atoms with E-state index in [1.807, 2.05) is 0 Å². The fraction of sp³-hybridized carbons (Fsp3) is 0.500. The number of carbonyl (C=O) groups excluding carboxylic acids is 1. The molecule has 0 aliphatic carbocycles. The minimum Gasteiger partial charge on any atom is -0.339 e. The molecule has 0 bridgehead atoms. The Morgan fingerprint density at radius 1 is 1.23 bits per heavy atom. The zero-order chi connectivity index (χ0) is 16.5. The summed E-state index contributed by atoms with van der Waals surface area (Å²) in [4.78, 5) is 13.6. The van der Waals surface area contributed by atoms with E-state index in [1.165, 1.54) is 17.0 Å². The van der Waals surface area contributed by atoms with E-state index in [4.69, 9.17) is 0 Å². The van der Waals surface area contributed by atoms with E-state index < -0.39 is 32.7 Å². The summed E-state index contributed by atoms with van der Waals surface area (Å²) in [5, 5.41) is -0.488. The van der Waals surface area contributed by atoms with Crippen LogP contribution in [0.4, 0.5) is 13.2 Å². The van der Waals surface area contributed by atoms with Crippen LogP contribution < -0.4 is 0 Å². The number of likely N-dealkylation sites (tertiary alicyclic amines) is 1. The van der Waals surface area contributed by atoms with Gasteiger partial charge in [-0.3, -0.25) is 4.79 Å². The van der Waals surface area contributed by atoms with Crippen molar-refractivity contribution in [2.24, 2.45) is 0 Å². The van der Waals surface area contributed by atoms with Gasteiger partial charge in [-0.1, -0.05) is 6.07 Å². The summed E-state index contributed by atoms with van der Waals surface area (Å²) in [6.45, 7) is 0.458. The molecule has 1 aromatic rings. The largest absolute Gasteiger partial charge is 0.416 e. The summed E-state index contributed by atoms with van der Waals surface area (Å²) in [6, 6.07) is 4.26. The fourth-order valence-electron chi connectivity index (χ4n) is 2.50. The van der Waals surface area contributed by atoms with Gasteiger partial charge in [0.25, 0.3) is 5.91 Å². The highest BCUT2D eigenvalue weighted by Crippen LogP contribution is 2.30. The Morgan fingerprint density at radius 3 is 2.32 bits per heavy atom. The molecule has 1 aliphatic rings. The molecule has 1 amide bonds. The molecular weight excluding hydrogens is 319 g/mol. The average molecular weight is 335 g/mol. The maximum absolute atomic E-state index is 12.7. The van der Waals surface area contributed by atoms with Gasteiger partial charge in [-0.25, -0.2) is 8.42 Å². The highest BCUT2D eigenvalue weighted by atomic mass is 32.2. The second-order valence-electron chi connectivity index (χ2n) is 5.40. The Hall–Kier alpha value is -1.57. The van der Waals surface area contributed by atoms with Crippen LogP contribution in [0, 0.1) is 0 Å². The van der Waals surface area contributed by atoms with Gasteiger partial charge in [-0.2, -0.15) is 13.2 Å². The van der Waals surface area contributed by atoms with Crippen LogP contribution in [0.1, 0.15) is 28.8 Å². The molecule has 0 spiro atoms. The lowest BCUT2D eigenvalue weighted by Crippen LogP contribution is -2.42. The van der Waals surface area contributed by atoms with E-state index >= 15 is 0 Å². The second kappa shape index (κ2) is 5.91. The third kappa shape index (κ3) is 3.79. The molecule has 0 unspecified atom stereocenters. The van der Waals surface area contributed by atoms with Crippen molar-refractivity contribution < 1.29 is 26.4 Å². The lowest BCUT2D eigenvalue weighted by molar-refractivity contribution is -0.137. The monoisotopic (exact) mass is 335 g/mol. The van der Waals surface area contributed by atoms with Crippen molar-refractivity contribution >= 4 is 15.7 Å². The van der Waals surface area contributed by atoms with E-state index in [0.717, 1.165) is 18.4 Å². The van der Waals surface area contributed by atoms with Crippen molar-refractivity contribution in [2.75, 3.05) is 19.3 Å². The normalized spacial score (nSPS) is 17.5. The lowest BCUT2D eigenvalue weighted by atomic mass is 10.1. The molecule has 4 nitrogen and oxygen atoms in total. The van der Waals surface area contributed by atoms with E-state index in [1.54, 1.807) is 0 Å². The summed E-state index contributed by atoms with van der Waals surface area (Å²) in [5.41, 5.74) is -0.906. The number of hydrogen-bond donors (Lipinski definition) is 0. The maximum Gasteiger partial charge on any atom is 0.416 e. The van der Waals surface area contributed by atoms with Crippen molar-refractivity contribution in [3.05, 3.63) is 35.4 Å². The first-order valence-corrected chi connectivity index (χ1v) is 8.70. The van der Waals surface area contributed by atoms with Crippen LogP contribution in [-0.2, 0) is 16.0 Å². The number of nitrogens with zero attached hydrogens (tertiary/aromatic N) is 1. The number of sulfone groups is 1. The number of amides is 1. The Bertz CT molecular complexity index is 662. The molecule has 22 heavy (non-hydrogen) atoms. The van der Waals surface area contributed by atoms with Gasteiger partial charge in [0.05, 0.1) is 10.8 Å². The third-order valence-corrected chi connectivity index (χ3v) is 5.45. The third-order valence-electron chi connectivity index (χ3n) is 3.77. The van der Waals surface area contributed by atoms with E-state index in [2.05, 4.69) is 0 Å². The fourth-order valence-corrected chi connectivity index (χ4v) is 3.57. The summed E-state index contributed by atoms with van der Waals surface area (Å²) >= 11 is 0. The van der Waals surface area contributed by atoms with Gasteiger partial charge in [0, 0.05) is 24.9 Å². The maximum atomic E-state index is 12.7. The van der Waals surface area contributed by atoms with Gasteiger partial charge in [-0.05, 0) is 31.0 Å². The predicted octanol–water partition coefficient (Wildman–Crippen LogP) is 2.35. The molecule has 8 heteroatoms. The topological polar surface area (TPSA) is 54.5 Å². The molecular formula is C14H16F3NO3S. The minimum absolute atomic E-state index is 0.0346. The Morgan fingerprint density at radius 2 is 1.82 bits per heavy atom. The summed E-state index contributed by atoms with van der Waals surface area (Å²) < 4.78 is 60.9. The molecule has 1 fully saturated rings. The van der Waals surface area contributed by atoms with Gasteiger partial charge in [-0.15, -0.1) is 0 Å².